The Bertz CT molecular complexity index is 520. The Balaban J connectivity index is 0.000000823. The fraction of sp³-hybridized carbons (Fsp3) is 0.467. The average molecular weight is 398 g/mol. The Morgan fingerprint density at radius 1 is 1.04 bits per heavy atom. The molecular weight excluding hydrogens is 377 g/mol. The van der Waals surface area contributed by atoms with Crippen LogP contribution in [0.15, 0.2) is 12.1 Å². The number of carboxylic acid groups (broad SMARTS) is 2. The average Bonchev–Trinajstić information content (AvgIpc) is 2.52. The lowest BCUT2D eigenvalue weighted by Crippen LogP contribution is -2.23. The zero-order chi connectivity index (χ0) is 19.2. The lowest BCUT2D eigenvalue weighted by atomic mass is 10.2. The van der Waals surface area contributed by atoms with Crippen molar-refractivity contribution in [3.8, 4) is 5.75 Å². The molecule has 0 amide bonds. The molecule has 0 radical (unpaired) electrons. The van der Waals surface area contributed by atoms with E-state index in [1.807, 2.05) is 19.1 Å². The predicted molar refractivity (Wildman–Crippen MR) is 92.7 cm³/mol. The van der Waals surface area contributed by atoms with Gasteiger partial charge < -0.3 is 30.1 Å². The van der Waals surface area contributed by atoms with Crippen LogP contribution in [-0.2, 0) is 14.3 Å². The van der Waals surface area contributed by atoms with Gasteiger partial charge in [0.2, 0.25) is 0 Å². The monoisotopic (exact) mass is 397 g/mol. The number of rotatable bonds is 9. The summed E-state index contributed by atoms with van der Waals surface area (Å²) in [5.74, 6) is -3.15. The number of aliphatic hydroxyl groups excluding tert-OH is 1. The molecule has 0 unspecified atom stereocenters. The number of aliphatic hydroxyl groups is 1. The van der Waals surface area contributed by atoms with Crippen LogP contribution in [0.3, 0.4) is 0 Å². The summed E-state index contributed by atoms with van der Waals surface area (Å²) in [5, 5.41) is 27.4. The Labute approximate surface area is 155 Å². The Hall–Kier alpha value is -1.58. The molecule has 1 aromatic rings. The largest absolute Gasteiger partial charge is 0.488 e. The number of ether oxygens (including phenoxy) is 2. The standard InChI is InChI=1S/C13H19Cl2NO3.C2H2O4/c1-10-8-11(14)13(12(15)9-10)19-7-6-18-5-3-16-2-4-17;3-1(4)2(5)6/h8-9,16-17H,2-7H2,1H3;(H,3,4)(H,5,6). The second-order valence-corrected chi connectivity index (χ2v) is 5.42. The van der Waals surface area contributed by atoms with Gasteiger partial charge in [-0.05, 0) is 24.6 Å². The highest BCUT2D eigenvalue weighted by molar-refractivity contribution is 6.37. The number of benzene rings is 1. The fourth-order valence-electron chi connectivity index (χ4n) is 1.48. The Morgan fingerprint density at radius 2 is 1.60 bits per heavy atom. The highest BCUT2D eigenvalue weighted by Crippen LogP contribution is 2.33. The molecule has 25 heavy (non-hydrogen) atoms. The van der Waals surface area contributed by atoms with Crippen molar-refractivity contribution in [2.75, 3.05) is 39.5 Å². The normalized spacial score (nSPS) is 9.92. The highest BCUT2D eigenvalue weighted by Gasteiger charge is 2.08. The highest BCUT2D eigenvalue weighted by atomic mass is 35.5. The third kappa shape index (κ3) is 11.6. The van der Waals surface area contributed by atoms with Crippen LogP contribution >= 0.6 is 23.2 Å². The Kier molecular flexibility index (Phi) is 12.8. The molecule has 142 valence electrons. The van der Waals surface area contributed by atoms with E-state index in [1.54, 1.807) is 0 Å². The first-order chi connectivity index (χ1) is 11.8. The maximum absolute atomic E-state index is 9.10. The van der Waals surface area contributed by atoms with Gasteiger partial charge in [0.05, 0.1) is 29.9 Å². The number of halogens is 2. The summed E-state index contributed by atoms with van der Waals surface area (Å²) in [4.78, 5) is 18.2. The molecule has 0 saturated heterocycles. The minimum Gasteiger partial charge on any atom is -0.488 e. The number of hydrogen-bond donors (Lipinski definition) is 4. The molecule has 0 aromatic heterocycles. The first kappa shape index (κ1) is 23.4. The van der Waals surface area contributed by atoms with Gasteiger partial charge >= 0.3 is 11.9 Å². The van der Waals surface area contributed by atoms with Crippen molar-refractivity contribution in [2.45, 2.75) is 6.92 Å². The first-order valence-corrected chi connectivity index (χ1v) is 7.99. The minimum atomic E-state index is -1.82. The van der Waals surface area contributed by atoms with Crippen LogP contribution in [0.2, 0.25) is 10.0 Å². The number of aryl methyl sites for hydroxylation is 1. The van der Waals surface area contributed by atoms with Crippen LogP contribution < -0.4 is 10.1 Å². The van der Waals surface area contributed by atoms with E-state index in [0.717, 1.165) is 5.56 Å². The van der Waals surface area contributed by atoms with Crippen LogP contribution in [0.1, 0.15) is 5.56 Å². The van der Waals surface area contributed by atoms with Crippen molar-refractivity contribution in [2.24, 2.45) is 0 Å². The van der Waals surface area contributed by atoms with Crippen molar-refractivity contribution in [3.05, 3.63) is 27.7 Å². The van der Waals surface area contributed by atoms with Crippen LogP contribution in [-0.4, -0.2) is 66.8 Å². The molecule has 4 N–H and O–H groups in total. The number of hydrogen-bond acceptors (Lipinski definition) is 6. The van der Waals surface area contributed by atoms with Gasteiger partial charge in [-0.15, -0.1) is 0 Å². The molecule has 1 aromatic carbocycles. The predicted octanol–water partition coefficient (Wildman–Crippen LogP) is 1.43. The zero-order valence-corrected chi connectivity index (χ0v) is 15.1. The maximum Gasteiger partial charge on any atom is 0.414 e. The summed E-state index contributed by atoms with van der Waals surface area (Å²) < 4.78 is 10.9. The van der Waals surface area contributed by atoms with Gasteiger partial charge in [-0.3, -0.25) is 0 Å². The van der Waals surface area contributed by atoms with E-state index in [1.165, 1.54) is 0 Å². The summed E-state index contributed by atoms with van der Waals surface area (Å²) in [6, 6.07) is 3.62. The fourth-order valence-corrected chi connectivity index (χ4v) is 2.18. The summed E-state index contributed by atoms with van der Waals surface area (Å²) in [5.41, 5.74) is 0.994. The van der Waals surface area contributed by atoms with Crippen LogP contribution in [0, 0.1) is 6.92 Å². The van der Waals surface area contributed by atoms with E-state index in [0.29, 0.717) is 48.7 Å². The van der Waals surface area contributed by atoms with E-state index in [-0.39, 0.29) is 6.61 Å². The molecule has 0 aliphatic heterocycles. The second-order valence-electron chi connectivity index (χ2n) is 4.60. The third-order valence-corrected chi connectivity index (χ3v) is 3.07. The number of nitrogens with one attached hydrogen (secondary N) is 1. The second kappa shape index (κ2) is 13.7. The van der Waals surface area contributed by atoms with E-state index in [4.69, 9.17) is 57.6 Å². The van der Waals surface area contributed by atoms with E-state index in [9.17, 15) is 0 Å². The number of carbonyl (C=O) groups is 2. The first-order valence-electron chi connectivity index (χ1n) is 7.23. The van der Waals surface area contributed by atoms with Gasteiger partial charge in [0.1, 0.15) is 6.61 Å². The molecule has 8 nitrogen and oxygen atoms in total. The summed E-state index contributed by atoms with van der Waals surface area (Å²) in [6.07, 6.45) is 0. The van der Waals surface area contributed by atoms with Crippen molar-refractivity contribution >= 4 is 35.1 Å². The van der Waals surface area contributed by atoms with Crippen LogP contribution in [0.5, 0.6) is 5.75 Å². The molecule has 0 fully saturated rings. The van der Waals surface area contributed by atoms with Crippen molar-refractivity contribution < 1.29 is 34.4 Å². The molecule has 0 aliphatic rings. The lowest BCUT2D eigenvalue weighted by molar-refractivity contribution is -0.159. The SMILES string of the molecule is Cc1cc(Cl)c(OCCOCCNCCO)c(Cl)c1.O=C(O)C(=O)O. The van der Waals surface area contributed by atoms with Gasteiger partial charge in [0.15, 0.2) is 5.75 Å². The molecule has 0 heterocycles. The van der Waals surface area contributed by atoms with E-state index >= 15 is 0 Å². The van der Waals surface area contributed by atoms with Crippen molar-refractivity contribution in [1.29, 1.82) is 0 Å². The molecule has 10 heteroatoms. The number of carboxylic acids is 2. The minimum absolute atomic E-state index is 0.132. The van der Waals surface area contributed by atoms with Crippen LogP contribution in [0.4, 0.5) is 0 Å². The maximum atomic E-state index is 9.10. The molecule has 0 saturated carbocycles. The zero-order valence-electron chi connectivity index (χ0n) is 13.6. The molecule has 0 bridgehead atoms. The van der Waals surface area contributed by atoms with Gasteiger partial charge in [-0.25, -0.2) is 9.59 Å². The molecule has 0 atom stereocenters. The molecular formula is C15H21Cl2NO7. The Morgan fingerprint density at radius 3 is 2.08 bits per heavy atom. The third-order valence-electron chi connectivity index (χ3n) is 2.51. The lowest BCUT2D eigenvalue weighted by Gasteiger charge is -2.11. The quantitative estimate of drug-likeness (QED) is 0.364. The van der Waals surface area contributed by atoms with E-state index in [2.05, 4.69) is 5.32 Å². The molecule has 1 rings (SSSR count). The summed E-state index contributed by atoms with van der Waals surface area (Å²) in [6.45, 7) is 4.75. The van der Waals surface area contributed by atoms with Crippen LogP contribution in [0.25, 0.3) is 0 Å². The van der Waals surface area contributed by atoms with Gasteiger partial charge in [0.25, 0.3) is 0 Å². The molecule has 0 aliphatic carbocycles. The molecule has 0 spiro atoms. The van der Waals surface area contributed by atoms with Gasteiger partial charge in [-0.2, -0.15) is 0 Å². The van der Waals surface area contributed by atoms with Gasteiger partial charge in [-0.1, -0.05) is 23.2 Å². The summed E-state index contributed by atoms with van der Waals surface area (Å²) in [7, 11) is 0. The van der Waals surface area contributed by atoms with Gasteiger partial charge in [0, 0.05) is 13.1 Å². The smallest absolute Gasteiger partial charge is 0.414 e. The van der Waals surface area contributed by atoms with Crippen molar-refractivity contribution in [1.82, 2.24) is 5.32 Å². The van der Waals surface area contributed by atoms with Crippen molar-refractivity contribution in [3.63, 3.8) is 0 Å². The number of aliphatic carboxylic acids is 2. The van der Waals surface area contributed by atoms with E-state index < -0.39 is 11.9 Å². The summed E-state index contributed by atoms with van der Waals surface area (Å²) >= 11 is 12.1. The topological polar surface area (TPSA) is 125 Å².